The van der Waals surface area contributed by atoms with Gasteiger partial charge in [0.15, 0.2) is 0 Å². The largest absolute Gasteiger partial charge is 0.466 e. The van der Waals surface area contributed by atoms with Crippen molar-refractivity contribution in [2.45, 2.75) is 71.5 Å². The van der Waals surface area contributed by atoms with E-state index >= 15 is 0 Å². The Balaban J connectivity index is 2.68. The molecule has 0 aromatic carbocycles. The highest BCUT2D eigenvalue weighted by Crippen LogP contribution is 2.37. The van der Waals surface area contributed by atoms with Gasteiger partial charge in [-0.05, 0) is 32.1 Å². The molecule has 116 valence electrons. The second-order valence-electron chi connectivity index (χ2n) is 5.33. The van der Waals surface area contributed by atoms with Gasteiger partial charge in [-0.15, -0.1) is 0 Å². The highest BCUT2D eigenvalue weighted by Gasteiger charge is 2.41. The summed E-state index contributed by atoms with van der Waals surface area (Å²) in [5.41, 5.74) is -0.345. The SMILES string of the molecule is CC/C=C/[C@]1(CC)C[C@@H](CC)[C@H](CC(=O)OCC)OO1. The lowest BCUT2D eigenvalue weighted by Gasteiger charge is -2.41. The molecule has 1 rings (SSSR count). The van der Waals surface area contributed by atoms with E-state index in [0.29, 0.717) is 12.5 Å². The van der Waals surface area contributed by atoms with Crippen LogP contribution in [0.15, 0.2) is 12.2 Å². The second kappa shape index (κ2) is 8.42. The molecule has 0 aromatic heterocycles. The van der Waals surface area contributed by atoms with Crippen LogP contribution in [0.5, 0.6) is 0 Å². The molecule has 1 aliphatic heterocycles. The summed E-state index contributed by atoms with van der Waals surface area (Å²) in [4.78, 5) is 22.8. The van der Waals surface area contributed by atoms with Crippen molar-refractivity contribution in [1.82, 2.24) is 0 Å². The molecule has 20 heavy (non-hydrogen) atoms. The molecule has 1 aliphatic rings. The van der Waals surface area contributed by atoms with Crippen molar-refractivity contribution in [2.24, 2.45) is 5.92 Å². The molecule has 0 saturated carbocycles. The summed E-state index contributed by atoms with van der Waals surface area (Å²) in [6.45, 7) is 8.54. The van der Waals surface area contributed by atoms with Crippen LogP contribution in [-0.2, 0) is 19.3 Å². The van der Waals surface area contributed by atoms with E-state index in [0.717, 1.165) is 25.7 Å². The van der Waals surface area contributed by atoms with Gasteiger partial charge >= 0.3 is 5.97 Å². The minimum atomic E-state index is -0.345. The average molecular weight is 284 g/mol. The predicted octanol–water partition coefficient (Wildman–Crippen LogP) is 3.80. The topological polar surface area (TPSA) is 44.8 Å². The van der Waals surface area contributed by atoms with Crippen LogP contribution in [0, 0.1) is 5.92 Å². The summed E-state index contributed by atoms with van der Waals surface area (Å²) in [5.74, 6) is 0.0993. The van der Waals surface area contributed by atoms with Crippen molar-refractivity contribution < 1.29 is 19.3 Å². The van der Waals surface area contributed by atoms with Gasteiger partial charge in [0.2, 0.25) is 0 Å². The number of hydrogen-bond acceptors (Lipinski definition) is 4. The standard InChI is InChI=1S/C16H28O4/c1-5-9-10-16(7-3)12-13(6-2)14(19-20-16)11-15(17)18-8-4/h9-10,13-14H,5-8,11-12H2,1-4H3/b10-9+/t13-,14+,16-/m1/s1. The fraction of sp³-hybridized carbons (Fsp3) is 0.812. The van der Waals surface area contributed by atoms with Gasteiger partial charge < -0.3 is 4.74 Å². The quantitative estimate of drug-likeness (QED) is 0.405. The number of allylic oxidation sites excluding steroid dienone is 1. The summed E-state index contributed by atoms with van der Waals surface area (Å²) >= 11 is 0. The first-order chi connectivity index (χ1) is 9.60. The molecule has 0 bridgehead atoms. The molecular weight excluding hydrogens is 256 g/mol. The van der Waals surface area contributed by atoms with Crippen LogP contribution in [0.1, 0.15) is 59.8 Å². The summed E-state index contributed by atoms with van der Waals surface area (Å²) in [6.07, 6.45) is 8.00. The van der Waals surface area contributed by atoms with Crippen LogP contribution in [0.4, 0.5) is 0 Å². The average Bonchev–Trinajstić information content (AvgIpc) is 2.46. The molecule has 1 saturated heterocycles. The van der Waals surface area contributed by atoms with Crippen LogP contribution < -0.4 is 0 Å². The van der Waals surface area contributed by atoms with E-state index in [-0.39, 0.29) is 24.1 Å². The zero-order valence-corrected chi connectivity index (χ0v) is 13.2. The molecule has 4 heteroatoms. The van der Waals surface area contributed by atoms with E-state index < -0.39 is 0 Å². The Morgan fingerprint density at radius 1 is 1.35 bits per heavy atom. The van der Waals surface area contributed by atoms with Gasteiger partial charge in [0.05, 0.1) is 13.0 Å². The van der Waals surface area contributed by atoms with Crippen molar-refractivity contribution in [3.05, 3.63) is 12.2 Å². The molecule has 0 aromatic rings. The summed E-state index contributed by atoms with van der Waals surface area (Å²) in [6, 6.07) is 0. The third kappa shape index (κ3) is 4.60. The van der Waals surface area contributed by atoms with E-state index in [4.69, 9.17) is 14.5 Å². The normalized spacial score (nSPS) is 30.6. The lowest BCUT2D eigenvalue weighted by molar-refractivity contribution is -0.409. The van der Waals surface area contributed by atoms with E-state index in [1.807, 2.05) is 6.92 Å². The van der Waals surface area contributed by atoms with Gasteiger partial charge in [0.25, 0.3) is 0 Å². The Morgan fingerprint density at radius 2 is 2.10 bits per heavy atom. The van der Waals surface area contributed by atoms with E-state index in [1.54, 1.807) is 0 Å². The van der Waals surface area contributed by atoms with Crippen molar-refractivity contribution in [3.63, 3.8) is 0 Å². The molecule has 3 atom stereocenters. The van der Waals surface area contributed by atoms with E-state index in [9.17, 15) is 4.79 Å². The maximum Gasteiger partial charge on any atom is 0.308 e. The molecule has 0 spiro atoms. The van der Waals surface area contributed by atoms with E-state index in [2.05, 4.69) is 32.9 Å². The first kappa shape index (κ1) is 17.2. The fourth-order valence-corrected chi connectivity index (χ4v) is 2.59. The molecule has 0 unspecified atom stereocenters. The minimum Gasteiger partial charge on any atom is -0.466 e. The third-order valence-electron chi connectivity index (χ3n) is 3.92. The highest BCUT2D eigenvalue weighted by molar-refractivity contribution is 5.70. The maximum atomic E-state index is 11.6. The van der Waals surface area contributed by atoms with Gasteiger partial charge in [-0.25, -0.2) is 9.78 Å². The van der Waals surface area contributed by atoms with Crippen LogP contribution in [-0.4, -0.2) is 24.3 Å². The number of esters is 1. The number of carbonyl (C=O) groups excluding carboxylic acids is 1. The Labute approximate surface area is 122 Å². The third-order valence-corrected chi connectivity index (χ3v) is 3.92. The van der Waals surface area contributed by atoms with Crippen LogP contribution in [0.2, 0.25) is 0 Å². The molecule has 1 fully saturated rings. The summed E-state index contributed by atoms with van der Waals surface area (Å²) in [5, 5.41) is 0. The van der Waals surface area contributed by atoms with Gasteiger partial charge in [-0.2, -0.15) is 0 Å². The first-order valence-electron chi connectivity index (χ1n) is 7.78. The molecule has 4 nitrogen and oxygen atoms in total. The van der Waals surface area contributed by atoms with Gasteiger partial charge in [-0.3, -0.25) is 4.79 Å². The Hall–Kier alpha value is -0.870. The van der Waals surface area contributed by atoms with Gasteiger partial charge in [0.1, 0.15) is 11.7 Å². The predicted molar refractivity (Wildman–Crippen MR) is 78.1 cm³/mol. The lowest BCUT2D eigenvalue weighted by Crippen LogP contribution is -2.44. The molecule has 0 aliphatic carbocycles. The first-order valence-corrected chi connectivity index (χ1v) is 7.78. The molecular formula is C16H28O4. The Bertz CT molecular complexity index is 326. The fourth-order valence-electron chi connectivity index (χ4n) is 2.59. The zero-order chi connectivity index (χ0) is 15.0. The van der Waals surface area contributed by atoms with Gasteiger partial charge in [0, 0.05) is 0 Å². The number of hydrogen-bond donors (Lipinski definition) is 0. The van der Waals surface area contributed by atoms with Crippen LogP contribution in [0.3, 0.4) is 0 Å². The maximum absolute atomic E-state index is 11.6. The number of carbonyl (C=O) groups is 1. The van der Waals surface area contributed by atoms with Crippen molar-refractivity contribution in [2.75, 3.05) is 6.61 Å². The lowest BCUT2D eigenvalue weighted by atomic mass is 9.81. The molecule has 1 heterocycles. The summed E-state index contributed by atoms with van der Waals surface area (Å²) < 4.78 is 4.99. The molecule has 0 N–H and O–H groups in total. The Kier molecular flexibility index (Phi) is 7.24. The number of ether oxygens (including phenoxy) is 1. The summed E-state index contributed by atoms with van der Waals surface area (Å²) in [7, 11) is 0. The van der Waals surface area contributed by atoms with Crippen LogP contribution >= 0.6 is 0 Å². The minimum absolute atomic E-state index is 0.200. The Morgan fingerprint density at radius 3 is 2.65 bits per heavy atom. The zero-order valence-electron chi connectivity index (χ0n) is 13.2. The second-order valence-corrected chi connectivity index (χ2v) is 5.33. The molecule has 0 radical (unpaired) electrons. The highest BCUT2D eigenvalue weighted by atomic mass is 17.2. The van der Waals surface area contributed by atoms with Crippen molar-refractivity contribution >= 4 is 5.97 Å². The molecule has 0 amide bonds. The number of rotatable bonds is 7. The van der Waals surface area contributed by atoms with Crippen molar-refractivity contribution in [1.29, 1.82) is 0 Å². The van der Waals surface area contributed by atoms with Crippen molar-refractivity contribution in [3.8, 4) is 0 Å². The van der Waals surface area contributed by atoms with E-state index in [1.165, 1.54) is 0 Å². The van der Waals surface area contributed by atoms with Gasteiger partial charge in [-0.1, -0.05) is 39.3 Å². The smallest absolute Gasteiger partial charge is 0.308 e. The monoisotopic (exact) mass is 284 g/mol. The van der Waals surface area contributed by atoms with Crippen LogP contribution in [0.25, 0.3) is 0 Å².